The number of benzene rings is 2. The Morgan fingerprint density at radius 1 is 0.933 bits per heavy atom. The summed E-state index contributed by atoms with van der Waals surface area (Å²) in [5.74, 6) is -0.217. The van der Waals surface area contributed by atoms with Gasteiger partial charge in [-0.25, -0.2) is 21.8 Å². The lowest BCUT2D eigenvalue weighted by Crippen LogP contribution is -2.19. The summed E-state index contributed by atoms with van der Waals surface area (Å²) in [6.45, 7) is 3.26. The normalized spacial score (nSPS) is 14.9. The molecule has 1 fully saturated rings. The van der Waals surface area contributed by atoms with Gasteiger partial charge in [0.25, 0.3) is 0 Å². The van der Waals surface area contributed by atoms with E-state index in [0.29, 0.717) is 23.7 Å². The number of sulfone groups is 2. The first kappa shape index (κ1) is 21.0. The lowest BCUT2D eigenvalue weighted by molar-refractivity contribution is 0.589. The van der Waals surface area contributed by atoms with Crippen LogP contribution in [-0.4, -0.2) is 34.9 Å². The SMILES string of the molecule is Cc1ccc(S(=O)(=O)c2nc(S(=O)(=O)Cc3ccccc3)sc2N2CCCC2)cc1. The summed E-state index contributed by atoms with van der Waals surface area (Å²) in [7, 11) is -7.72. The molecule has 1 aromatic heterocycles. The highest BCUT2D eigenvalue weighted by atomic mass is 32.2. The van der Waals surface area contributed by atoms with Crippen molar-refractivity contribution in [2.24, 2.45) is 0 Å². The van der Waals surface area contributed by atoms with Crippen LogP contribution >= 0.6 is 11.3 Å². The summed E-state index contributed by atoms with van der Waals surface area (Å²) in [6.07, 6.45) is 1.88. The molecule has 0 radical (unpaired) electrons. The predicted octanol–water partition coefficient (Wildman–Crippen LogP) is 3.86. The molecule has 0 saturated carbocycles. The van der Waals surface area contributed by atoms with Crippen molar-refractivity contribution in [1.29, 1.82) is 0 Å². The number of hydrogen-bond acceptors (Lipinski definition) is 7. The van der Waals surface area contributed by atoms with Crippen molar-refractivity contribution in [3.05, 3.63) is 65.7 Å². The molecular weight excluding hydrogens is 440 g/mol. The first-order chi connectivity index (χ1) is 14.3. The number of aromatic nitrogens is 1. The van der Waals surface area contributed by atoms with Gasteiger partial charge < -0.3 is 4.90 Å². The van der Waals surface area contributed by atoms with Gasteiger partial charge in [0, 0.05) is 13.1 Å². The van der Waals surface area contributed by atoms with E-state index in [0.717, 1.165) is 29.7 Å². The molecule has 0 N–H and O–H groups in total. The molecule has 2 aromatic carbocycles. The van der Waals surface area contributed by atoms with E-state index in [9.17, 15) is 16.8 Å². The maximum Gasteiger partial charge on any atom is 0.226 e. The lowest BCUT2D eigenvalue weighted by Gasteiger charge is -2.16. The second-order valence-corrected chi connectivity index (χ2v) is 12.4. The average molecular weight is 463 g/mol. The zero-order valence-electron chi connectivity index (χ0n) is 16.5. The van der Waals surface area contributed by atoms with Gasteiger partial charge in [-0.05, 0) is 37.5 Å². The van der Waals surface area contributed by atoms with Crippen LogP contribution < -0.4 is 4.90 Å². The van der Waals surface area contributed by atoms with Gasteiger partial charge in [0.2, 0.25) is 24.0 Å². The van der Waals surface area contributed by atoms with Crippen molar-refractivity contribution in [1.82, 2.24) is 4.98 Å². The highest BCUT2D eigenvalue weighted by molar-refractivity contribution is 7.93. The van der Waals surface area contributed by atoms with Crippen LogP contribution in [-0.2, 0) is 25.4 Å². The second-order valence-electron chi connectivity index (χ2n) is 7.35. The van der Waals surface area contributed by atoms with Crippen LogP contribution in [0.4, 0.5) is 5.00 Å². The Kier molecular flexibility index (Phi) is 5.69. The molecule has 0 unspecified atom stereocenters. The largest absolute Gasteiger partial charge is 0.361 e. The summed E-state index contributed by atoms with van der Waals surface area (Å²) in [5.41, 5.74) is 1.58. The molecule has 0 spiro atoms. The topological polar surface area (TPSA) is 84.4 Å². The summed E-state index contributed by atoms with van der Waals surface area (Å²) in [6, 6.07) is 15.4. The highest BCUT2D eigenvalue weighted by Crippen LogP contribution is 2.39. The summed E-state index contributed by atoms with van der Waals surface area (Å²) in [5, 5.41) is 0.254. The summed E-state index contributed by atoms with van der Waals surface area (Å²) < 4.78 is 52.6. The van der Waals surface area contributed by atoms with Gasteiger partial charge >= 0.3 is 0 Å². The number of rotatable bonds is 6. The van der Waals surface area contributed by atoms with Crippen LogP contribution in [0, 0.1) is 6.92 Å². The Hall–Kier alpha value is -2.23. The number of thiazole rings is 1. The standard InChI is InChI=1S/C21H22N2O4S3/c1-16-9-11-18(12-10-16)30(26,27)19-20(23-13-5-6-14-23)28-21(22-19)29(24,25)15-17-7-3-2-4-8-17/h2-4,7-12H,5-6,13-15H2,1H3. The number of nitrogens with zero attached hydrogens (tertiary/aromatic N) is 2. The van der Waals surface area contributed by atoms with E-state index in [2.05, 4.69) is 4.98 Å². The number of hydrogen-bond donors (Lipinski definition) is 0. The Morgan fingerprint density at radius 2 is 1.57 bits per heavy atom. The molecule has 0 bridgehead atoms. The fraction of sp³-hybridized carbons (Fsp3) is 0.286. The molecule has 0 atom stereocenters. The molecule has 0 amide bonds. The van der Waals surface area contributed by atoms with Crippen LogP contribution in [0.1, 0.15) is 24.0 Å². The van der Waals surface area contributed by atoms with Crippen LogP contribution in [0.25, 0.3) is 0 Å². The Balaban J connectivity index is 1.80. The fourth-order valence-corrected chi connectivity index (χ4v) is 7.90. The molecule has 1 saturated heterocycles. The van der Waals surface area contributed by atoms with E-state index in [-0.39, 0.29) is 20.0 Å². The second kappa shape index (κ2) is 8.13. The van der Waals surface area contributed by atoms with Gasteiger partial charge in [-0.3, -0.25) is 0 Å². The van der Waals surface area contributed by atoms with Crippen molar-refractivity contribution in [3.63, 3.8) is 0 Å². The van der Waals surface area contributed by atoms with E-state index >= 15 is 0 Å². The van der Waals surface area contributed by atoms with Gasteiger partial charge in [0.1, 0.15) is 5.00 Å². The van der Waals surface area contributed by atoms with Crippen LogP contribution in [0.2, 0.25) is 0 Å². The van der Waals surface area contributed by atoms with E-state index in [4.69, 9.17) is 0 Å². The molecule has 3 aromatic rings. The van der Waals surface area contributed by atoms with Crippen molar-refractivity contribution in [2.45, 2.75) is 39.8 Å². The molecule has 30 heavy (non-hydrogen) atoms. The van der Waals surface area contributed by atoms with Gasteiger partial charge in [0.05, 0.1) is 10.6 Å². The zero-order chi connectivity index (χ0) is 21.4. The molecule has 9 heteroatoms. The minimum absolute atomic E-state index is 0.117. The third kappa shape index (κ3) is 4.14. The van der Waals surface area contributed by atoms with E-state index in [1.807, 2.05) is 17.9 Å². The molecule has 1 aliphatic heterocycles. The van der Waals surface area contributed by atoms with E-state index in [1.165, 1.54) is 12.1 Å². The molecule has 4 rings (SSSR count). The Morgan fingerprint density at radius 3 is 2.20 bits per heavy atom. The van der Waals surface area contributed by atoms with E-state index in [1.54, 1.807) is 36.4 Å². The smallest absolute Gasteiger partial charge is 0.226 e. The van der Waals surface area contributed by atoms with Crippen LogP contribution in [0.15, 0.2) is 68.9 Å². The van der Waals surface area contributed by atoms with Gasteiger partial charge in [-0.2, -0.15) is 0 Å². The van der Waals surface area contributed by atoms with Crippen molar-refractivity contribution >= 4 is 36.0 Å². The van der Waals surface area contributed by atoms with E-state index < -0.39 is 19.7 Å². The van der Waals surface area contributed by atoms with Crippen LogP contribution in [0.3, 0.4) is 0 Å². The van der Waals surface area contributed by atoms with Crippen molar-refractivity contribution < 1.29 is 16.8 Å². The maximum atomic E-state index is 13.3. The van der Waals surface area contributed by atoms with Crippen LogP contribution in [0.5, 0.6) is 0 Å². The molecule has 2 heterocycles. The van der Waals surface area contributed by atoms with Gasteiger partial charge in [0.15, 0.2) is 5.03 Å². The zero-order valence-corrected chi connectivity index (χ0v) is 18.9. The fourth-order valence-electron chi connectivity index (χ4n) is 3.39. The summed E-state index contributed by atoms with van der Waals surface area (Å²) in [4.78, 5) is 6.24. The maximum absolute atomic E-state index is 13.3. The molecule has 158 valence electrons. The third-order valence-electron chi connectivity index (χ3n) is 5.00. The highest BCUT2D eigenvalue weighted by Gasteiger charge is 2.33. The molecule has 1 aliphatic rings. The molecular formula is C21H22N2O4S3. The number of anilines is 1. The summed E-state index contributed by atoms with van der Waals surface area (Å²) >= 11 is 0.955. The lowest BCUT2D eigenvalue weighted by atomic mass is 10.2. The Labute approximate surface area is 181 Å². The van der Waals surface area contributed by atoms with Crippen molar-refractivity contribution in [2.75, 3.05) is 18.0 Å². The number of aryl methyl sites for hydroxylation is 1. The quantitative estimate of drug-likeness (QED) is 0.553. The predicted molar refractivity (Wildman–Crippen MR) is 118 cm³/mol. The molecule has 0 aliphatic carbocycles. The minimum atomic E-state index is -3.94. The molecule has 6 nitrogen and oxygen atoms in total. The monoisotopic (exact) mass is 462 g/mol. The van der Waals surface area contributed by atoms with Gasteiger partial charge in [-0.1, -0.05) is 59.4 Å². The van der Waals surface area contributed by atoms with Gasteiger partial charge in [-0.15, -0.1) is 0 Å². The first-order valence-corrected chi connectivity index (χ1v) is 13.6. The Bertz CT molecular complexity index is 1240. The average Bonchev–Trinajstić information content (AvgIpc) is 3.39. The third-order valence-corrected chi connectivity index (χ3v) is 10.1. The van der Waals surface area contributed by atoms with Crippen molar-refractivity contribution in [3.8, 4) is 0 Å². The first-order valence-electron chi connectivity index (χ1n) is 9.61. The minimum Gasteiger partial charge on any atom is -0.361 e.